The summed E-state index contributed by atoms with van der Waals surface area (Å²) in [5, 5.41) is 9.98. The molecule has 0 saturated carbocycles. The van der Waals surface area contributed by atoms with Crippen LogP contribution in [0.2, 0.25) is 0 Å². The lowest BCUT2D eigenvalue weighted by molar-refractivity contribution is -0.131. The van der Waals surface area contributed by atoms with Crippen molar-refractivity contribution < 1.29 is 9.90 Å². The van der Waals surface area contributed by atoms with Crippen molar-refractivity contribution in [3.05, 3.63) is 10.3 Å². The Morgan fingerprint density at radius 1 is 1.80 bits per heavy atom. The van der Waals surface area contributed by atoms with Crippen LogP contribution in [0.25, 0.3) is 0 Å². The summed E-state index contributed by atoms with van der Waals surface area (Å²) in [7, 11) is -0.533. The topological polar surface area (TPSA) is 37.3 Å². The molecule has 1 unspecified atom stereocenters. The second-order valence-corrected chi connectivity index (χ2v) is 5.99. The molecule has 0 aromatic rings. The summed E-state index contributed by atoms with van der Waals surface area (Å²) in [5.74, 6) is -0.938. The molecule has 0 aromatic carbocycles. The first kappa shape index (κ1) is 8.32. The largest absolute Gasteiger partial charge is 0.477 e. The van der Waals surface area contributed by atoms with Crippen LogP contribution in [0.5, 0.6) is 0 Å². The number of carboxylic acid groups (broad SMARTS) is 1. The number of hydrogen-bond acceptors (Lipinski definition) is 4. The summed E-state index contributed by atoms with van der Waals surface area (Å²) in [5.41, 5.74) is 0. The van der Waals surface area contributed by atoms with E-state index in [0.29, 0.717) is 3.53 Å². The first-order valence-electron chi connectivity index (χ1n) is 2.19. The van der Waals surface area contributed by atoms with E-state index in [1.165, 1.54) is 5.41 Å². The Kier molecular flexibility index (Phi) is 2.56. The Morgan fingerprint density at radius 3 is 2.60 bits per heavy atom. The van der Waals surface area contributed by atoms with E-state index in [1.54, 1.807) is 0 Å². The molecule has 1 atom stereocenters. The summed E-state index contributed by atoms with van der Waals surface area (Å²) in [6.45, 7) is 0. The van der Waals surface area contributed by atoms with Gasteiger partial charge < -0.3 is 5.11 Å². The Morgan fingerprint density at radius 2 is 2.40 bits per heavy atom. The lowest BCUT2D eigenvalue weighted by Crippen LogP contribution is -1.93. The van der Waals surface area contributed by atoms with Gasteiger partial charge in [-0.3, -0.25) is 0 Å². The lowest BCUT2D eigenvalue weighted by Gasteiger charge is -1.87. The van der Waals surface area contributed by atoms with Crippen LogP contribution in [-0.4, -0.2) is 14.6 Å². The van der Waals surface area contributed by atoms with Gasteiger partial charge in [-0.2, -0.15) is 0 Å². The molecular formula is C4H2O2S4. The van der Waals surface area contributed by atoms with E-state index in [1.807, 2.05) is 0 Å². The highest BCUT2D eigenvalue weighted by Gasteiger charge is 2.19. The molecular weight excluding hydrogens is 208 g/mol. The van der Waals surface area contributed by atoms with Crippen molar-refractivity contribution in [2.24, 2.45) is 0 Å². The fourth-order valence-corrected chi connectivity index (χ4v) is 3.47. The minimum Gasteiger partial charge on any atom is -0.477 e. The molecule has 1 rings (SSSR count). The van der Waals surface area contributed by atoms with Crippen LogP contribution in [-0.2, 0) is 25.4 Å². The van der Waals surface area contributed by atoms with Crippen molar-refractivity contribution in [3.63, 3.8) is 0 Å². The highest BCUT2D eigenvalue weighted by molar-refractivity contribution is 8.59. The smallest absolute Gasteiger partial charge is 0.343 e. The summed E-state index contributed by atoms with van der Waals surface area (Å²) in [6, 6.07) is 0. The molecule has 0 amide bonds. The van der Waals surface area contributed by atoms with Gasteiger partial charge in [-0.1, -0.05) is 24.0 Å². The molecule has 0 spiro atoms. The van der Waals surface area contributed by atoms with Crippen molar-refractivity contribution in [1.82, 2.24) is 0 Å². The number of thioether (sulfide) groups is 1. The number of hydrogen-bond donors (Lipinski definition) is 1. The number of carbonyl (C=O) groups is 1. The van der Waals surface area contributed by atoms with Gasteiger partial charge in [0.15, 0.2) is 0 Å². The van der Waals surface area contributed by atoms with E-state index in [0.717, 1.165) is 11.8 Å². The highest BCUT2D eigenvalue weighted by atomic mass is 32.8. The van der Waals surface area contributed by atoms with Crippen LogP contribution < -0.4 is 0 Å². The van der Waals surface area contributed by atoms with Gasteiger partial charge in [-0.25, -0.2) is 4.79 Å². The molecule has 0 radical (unpaired) electrons. The fourth-order valence-electron chi connectivity index (χ4n) is 0.394. The summed E-state index contributed by atoms with van der Waals surface area (Å²) in [6.07, 6.45) is 0. The normalized spacial score (nSPS) is 24.6. The van der Waals surface area contributed by atoms with Crippen LogP contribution in [0.15, 0.2) is 10.3 Å². The van der Waals surface area contributed by atoms with E-state index in [-0.39, 0.29) is 4.91 Å². The summed E-state index contributed by atoms with van der Waals surface area (Å²) in [4.78, 5) is 10.6. The summed E-state index contributed by atoms with van der Waals surface area (Å²) >= 11 is 10.7. The van der Waals surface area contributed by atoms with Crippen LogP contribution in [0.1, 0.15) is 0 Å². The number of thiocarbonyl (C=S) groups is 1. The van der Waals surface area contributed by atoms with Gasteiger partial charge in [0.2, 0.25) is 0 Å². The second kappa shape index (κ2) is 3.08. The Hall–Kier alpha value is 0.220. The van der Waals surface area contributed by atoms with Gasteiger partial charge >= 0.3 is 5.97 Å². The van der Waals surface area contributed by atoms with Gasteiger partial charge in [0.05, 0.1) is 0 Å². The van der Waals surface area contributed by atoms with Gasteiger partial charge in [0.1, 0.15) is 8.43 Å². The van der Waals surface area contributed by atoms with Gasteiger partial charge in [0, 0.05) is 5.41 Å². The van der Waals surface area contributed by atoms with Crippen molar-refractivity contribution in [3.8, 4) is 0 Å². The maximum Gasteiger partial charge on any atom is 0.343 e. The minimum absolute atomic E-state index is 0.267. The van der Waals surface area contributed by atoms with Crippen molar-refractivity contribution in [1.29, 1.82) is 0 Å². The highest BCUT2D eigenvalue weighted by Crippen LogP contribution is 2.28. The molecule has 0 bridgehead atoms. The zero-order chi connectivity index (χ0) is 7.72. The molecule has 0 saturated heterocycles. The van der Waals surface area contributed by atoms with Crippen molar-refractivity contribution in [2.75, 3.05) is 0 Å². The maximum absolute atomic E-state index is 10.3. The number of rotatable bonds is 1. The van der Waals surface area contributed by atoms with Crippen molar-refractivity contribution >= 4 is 54.1 Å². The monoisotopic (exact) mass is 210 g/mol. The van der Waals surface area contributed by atoms with E-state index in [9.17, 15) is 4.79 Å². The average Bonchev–Trinajstić information content (AvgIpc) is 2.13. The molecule has 10 heavy (non-hydrogen) atoms. The Bertz CT molecular complexity index is 254. The SMILES string of the molecule is O=C(O)C1=CS(=S)C(=S)S1. The van der Waals surface area contributed by atoms with E-state index in [2.05, 4.69) is 0 Å². The summed E-state index contributed by atoms with van der Waals surface area (Å²) < 4.78 is 0.590. The van der Waals surface area contributed by atoms with Gasteiger partial charge in [-0.15, -0.1) is 0 Å². The van der Waals surface area contributed by atoms with E-state index < -0.39 is 15.4 Å². The number of aliphatic carboxylic acids is 1. The average molecular weight is 210 g/mol. The van der Waals surface area contributed by atoms with Crippen molar-refractivity contribution in [2.45, 2.75) is 0 Å². The molecule has 1 N–H and O–H groups in total. The van der Waals surface area contributed by atoms with Crippen LogP contribution in [0.3, 0.4) is 0 Å². The Balaban J connectivity index is 2.87. The molecule has 0 fully saturated rings. The number of carboxylic acids is 1. The van der Waals surface area contributed by atoms with Crippen LogP contribution >= 0.6 is 24.0 Å². The van der Waals surface area contributed by atoms with Crippen LogP contribution in [0, 0.1) is 0 Å². The maximum atomic E-state index is 10.3. The zero-order valence-electron chi connectivity index (χ0n) is 4.57. The third-order valence-corrected chi connectivity index (χ3v) is 5.39. The second-order valence-electron chi connectivity index (χ2n) is 1.44. The third kappa shape index (κ3) is 1.63. The predicted octanol–water partition coefficient (Wildman–Crippen LogP) is 1.02. The molecule has 6 heteroatoms. The minimum atomic E-state index is -0.938. The lowest BCUT2D eigenvalue weighted by atomic mass is 10.7. The quantitative estimate of drug-likeness (QED) is 0.517. The molecule has 54 valence electrons. The molecule has 0 aliphatic carbocycles. The van der Waals surface area contributed by atoms with Gasteiger partial charge in [0.25, 0.3) is 0 Å². The van der Waals surface area contributed by atoms with Crippen LogP contribution in [0.4, 0.5) is 0 Å². The molecule has 1 heterocycles. The van der Waals surface area contributed by atoms with E-state index in [4.69, 9.17) is 28.5 Å². The molecule has 1 aliphatic rings. The molecule has 0 aromatic heterocycles. The predicted molar refractivity (Wildman–Crippen MR) is 50.6 cm³/mol. The first-order chi connectivity index (χ1) is 4.61. The fraction of sp³-hybridized carbons (Fsp3) is 0. The third-order valence-electron chi connectivity index (χ3n) is 0.782. The zero-order valence-corrected chi connectivity index (χ0v) is 7.83. The molecule has 2 nitrogen and oxygen atoms in total. The Labute approximate surface area is 74.3 Å². The molecule has 1 aliphatic heterocycles. The first-order valence-corrected chi connectivity index (χ1v) is 5.62. The van der Waals surface area contributed by atoms with Gasteiger partial charge in [-0.05, 0) is 20.6 Å². The standard InChI is InChI=1S/C4H2O2S4/c5-3(6)2-1-10(8)4(7)9-2/h1H,(H,5,6). The van der Waals surface area contributed by atoms with E-state index >= 15 is 0 Å².